The van der Waals surface area contributed by atoms with E-state index in [4.69, 9.17) is 12.2 Å². The fraction of sp³-hybridized carbons (Fsp3) is 0.148. The molecule has 5 rings (SSSR count). The number of benzene rings is 2. The minimum absolute atomic E-state index is 0.185. The maximum absolute atomic E-state index is 11.8. The van der Waals surface area contributed by atoms with Crippen LogP contribution in [0.2, 0.25) is 0 Å². The van der Waals surface area contributed by atoms with Gasteiger partial charge in [-0.05, 0) is 85.4 Å². The Morgan fingerprint density at radius 3 is 2.55 bits per heavy atom. The maximum atomic E-state index is 11.8. The molecule has 1 aliphatic rings. The number of pyridine rings is 1. The largest absolute Gasteiger partial charge is 0.478 e. The van der Waals surface area contributed by atoms with Crippen LogP contribution in [-0.2, 0) is 10.0 Å². The minimum Gasteiger partial charge on any atom is -0.478 e. The highest BCUT2D eigenvalue weighted by atomic mass is 32.2. The van der Waals surface area contributed by atoms with Gasteiger partial charge >= 0.3 is 5.97 Å². The van der Waals surface area contributed by atoms with E-state index in [0.717, 1.165) is 28.9 Å². The summed E-state index contributed by atoms with van der Waals surface area (Å²) in [5, 5.41) is 13.4. The second-order valence-electron chi connectivity index (χ2n) is 9.03. The lowest BCUT2D eigenvalue weighted by atomic mass is 10.00. The minimum atomic E-state index is -3.43. The molecule has 194 valence electrons. The number of thiocarbonyl (C=S) groups is 1. The quantitative estimate of drug-likeness (QED) is 0.291. The zero-order valence-corrected chi connectivity index (χ0v) is 22.2. The van der Waals surface area contributed by atoms with Gasteiger partial charge in [0.2, 0.25) is 10.0 Å². The Kier molecular flexibility index (Phi) is 6.64. The van der Waals surface area contributed by atoms with Crippen molar-refractivity contribution in [1.82, 2.24) is 14.9 Å². The Bertz CT molecular complexity index is 1640. The van der Waals surface area contributed by atoms with Crippen molar-refractivity contribution < 1.29 is 18.3 Å². The van der Waals surface area contributed by atoms with Gasteiger partial charge in [-0.15, -0.1) is 0 Å². The number of nitrogens with zero attached hydrogens (tertiary/aromatic N) is 3. The number of carboxylic acid groups (broad SMARTS) is 1. The van der Waals surface area contributed by atoms with E-state index in [1.807, 2.05) is 71.1 Å². The van der Waals surface area contributed by atoms with E-state index >= 15 is 0 Å². The molecule has 3 N–H and O–H groups in total. The maximum Gasteiger partial charge on any atom is 0.335 e. The third-order valence-corrected chi connectivity index (χ3v) is 7.24. The molecule has 0 spiro atoms. The van der Waals surface area contributed by atoms with Crippen molar-refractivity contribution in [1.29, 1.82) is 0 Å². The molecule has 11 heteroatoms. The molecule has 3 heterocycles. The van der Waals surface area contributed by atoms with Crippen LogP contribution >= 0.6 is 12.2 Å². The van der Waals surface area contributed by atoms with Crippen LogP contribution in [0.4, 0.5) is 11.4 Å². The standard InChI is InChI=1S/C27H25N5O4S2/c1-17-15-20(11-12-21(17)30-38(2,35)36)32-25(24(29-27(32)37)22-9-3-4-13-28-22)23-10-6-14-31(23)19-8-5-7-18(16-19)26(33)34/h3-16,24-25,30H,1-2H3,(H,29,37)(H,33,34)/t24-,25+/m1/s1. The van der Waals surface area contributed by atoms with Crippen LogP contribution in [0.1, 0.15) is 39.4 Å². The molecule has 0 saturated carbocycles. The number of aryl methyl sites for hydroxylation is 1. The smallest absolute Gasteiger partial charge is 0.335 e. The first-order valence-corrected chi connectivity index (χ1v) is 14.0. The highest BCUT2D eigenvalue weighted by Crippen LogP contribution is 2.43. The molecule has 0 unspecified atom stereocenters. The second-order valence-corrected chi connectivity index (χ2v) is 11.2. The lowest BCUT2D eigenvalue weighted by molar-refractivity contribution is 0.0697. The molecule has 38 heavy (non-hydrogen) atoms. The van der Waals surface area contributed by atoms with E-state index in [1.54, 1.807) is 30.5 Å². The number of hydrogen-bond donors (Lipinski definition) is 3. The zero-order chi connectivity index (χ0) is 27.0. The topological polar surface area (TPSA) is 117 Å². The summed E-state index contributed by atoms with van der Waals surface area (Å²) in [5.41, 5.74) is 4.54. The first-order chi connectivity index (χ1) is 18.1. The lowest BCUT2D eigenvalue weighted by Crippen LogP contribution is -2.30. The highest BCUT2D eigenvalue weighted by Gasteiger charge is 2.42. The summed E-state index contributed by atoms with van der Waals surface area (Å²) in [5.74, 6) is -1.00. The molecular weight excluding hydrogens is 522 g/mol. The summed E-state index contributed by atoms with van der Waals surface area (Å²) in [7, 11) is -3.43. The summed E-state index contributed by atoms with van der Waals surface area (Å²) < 4.78 is 28.1. The number of aromatic nitrogens is 2. The monoisotopic (exact) mass is 547 g/mol. The first kappa shape index (κ1) is 25.4. The van der Waals surface area contributed by atoms with Crippen LogP contribution in [0.25, 0.3) is 5.69 Å². The molecule has 2 aromatic heterocycles. The first-order valence-electron chi connectivity index (χ1n) is 11.7. The molecule has 1 aliphatic heterocycles. The molecule has 0 aliphatic carbocycles. The molecule has 4 aromatic rings. The van der Waals surface area contributed by atoms with Gasteiger partial charge in [-0.25, -0.2) is 13.2 Å². The van der Waals surface area contributed by atoms with Crippen molar-refractivity contribution in [3.8, 4) is 5.69 Å². The van der Waals surface area contributed by atoms with Gasteiger partial charge in [0.1, 0.15) is 6.04 Å². The summed E-state index contributed by atoms with van der Waals surface area (Å²) in [6, 6.07) is 21.1. The molecule has 0 amide bonds. The Labute approximate surface area is 225 Å². The van der Waals surface area contributed by atoms with E-state index in [1.165, 1.54) is 0 Å². The van der Waals surface area contributed by atoms with Crippen LogP contribution < -0.4 is 14.9 Å². The van der Waals surface area contributed by atoms with Crippen LogP contribution in [0.3, 0.4) is 0 Å². The number of anilines is 2. The predicted molar refractivity (Wildman–Crippen MR) is 150 cm³/mol. The van der Waals surface area contributed by atoms with Gasteiger partial charge in [-0.2, -0.15) is 0 Å². The number of carboxylic acids is 1. The third-order valence-electron chi connectivity index (χ3n) is 6.34. The van der Waals surface area contributed by atoms with E-state index in [0.29, 0.717) is 16.5 Å². The lowest BCUT2D eigenvalue weighted by Gasteiger charge is -2.29. The molecule has 2 atom stereocenters. The van der Waals surface area contributed by atoms with Gasteiger partial charge in [-0.3, -0.25) is 9.71 Å². The predicted octanol–water partition coefficient (Wildman–Crippen LogP) is 4.43. The Morgan fingerprint density at radius 1 is 1.05 bits per heavy atom. The third kappa shape index (κ3) is 4.98. The Morgan fingerprint density at radius 2 is 1.87 bits per heavy atom. The highest BCUT2D eigenvalue weighted by molar-refractivity contribution is 7.92. The second kappa shape index (κ2) is 9.92. The van der Waals surface area contributed by atoms with Crippen molar-refractivity contribution in [3.63, 3.8) is 0 Å². The molecular formula is C27H25N5O4S2. The molecule has 0 bridgehead atoms. The number of hydrogen-bond acceptors (Lipinski definition) is 5. The van der Waals surface area contributed by atoms with Crippen LogP contribution in [-0.4, -0.2) is 40.4 Å². The van der Waals surface area contributed by atoms with Gasteiger partial charge in [0, 0.05) is 29.5 Å². The summed E-state index contributed by atoms with van der Waals surface area (Å²) in [6.07, 6.45) is 4.72. The summed E-state index contributed by atoms with van der Waals surface area (Å²) in [4.78, 5) is 18.2. The number of carbonyl (C=O) groups is 1. The van der Waals surface area contributed by atoms with E-state index < -0.39 is 16.0 Å². The van der Waals surface area contributed by atoms with Gasteiger partial charge in [0.05, 0.1) is 29.2 Å². The van der Waals surface area contributed by atoms with E-state index in [-0.39, 0.29) is 17.6 Å². The van der Waals surface area contributed by atoms with Gasteiger partial charge in [0.15, 0.2) is 5.11 Å². The fourth-order valence-electron chi connectivity index (χ4n) is 4.70. The molecule has 9 nitrogen and oxygen atoms in total. The Balaban J connectivity index is 1.64. The normalized spacial score (nSPS) is 17.3. The van der Waals surface area contributed by atoms with Crippen molar-refractivity contribution in [2.45, 2.75) is 19.0 Å². The van der Waals surface area contributed by atoms with Gasteiger partial charge in [0.25, 0.3) is 0 Å². The molecule has 0 radical (unpaired) electrons. The van der Waals surface area contributed by atoms with Crippen molar-refractivity contribution in [2.75, 3.05) is 15.9 Å². The average Bonchev–Trinajstić information content (AvgIpc) is 3.49. The number of sulfonamides is 1. The molecule has 2 aromatic carbocycles. The van der Waals surface area contributed by atoms with Crippen molar-refractivity contribution in [2.24, 2.45) is 0 Å². The van der Waals surface area contributed by atoms with E-state index in [2.05, 4.69) is 15.0 Å². The molecule has 1 fully saturated rings. The zero-order valence-electron chi connectivity index (χ0n) is 20.6. The van der Waals surface area contributed by atoms with Crippen LogP contribution in [0.5, 0.6) is 0 Å². The summed E-state index contributed by atoms with van der Waals surface area (Å²) in [6.45, 7) is 1.83. The summed E-state index contributed by atoms with van der Waals surface area (Å²) >= 11 is 5.82. The average molecular weight is 548 g/mol. The number of aromatic carboxylic acids is 1. The number of rotatable bonds is 7. The van der Waals surface area contributed by atoms with Crippen LogP contribution in [0.15, 0.2) is 85.2 Å². The Hall–Kier alpha value is -4.22. The molecule has 1 saturated heterocycles. The van der Waals surface area contributed by atoms with Crippen molar-refractivity contribution >= 4 is 44.7 Å². The van der Waals surface area contributed by atoms with Gasteiger partial charge in [-0.1, -0.05) is 12.1 Å². The van der Waals surface area contributed by atoms with E-state index in [9.17, 15) is 18.3 Å². The fourth-order valence-corrected chi connectivity index (χ4v) is 5.68. The van der Waals surface area contributed by atoms with Gasteiger partial charge < -0.3 is 19.9 Å². The van der Waals surface area contributed by atoms with Crippen LogP contribution in [0, 0.1) is 6.92 Å². The van der Waals surface area contributed by atoms with Crippen molar-refractivity contribution in [3.05, 3.63) is 108 Å². The SMILES string of the molecule is Cc1cc(N2C(=S)N[C@H](c3ccccn3)[C@@H]2c2cccn2-c2cccc(C(=O)O)c2)ccc1NS(C)(=O)=O. The number of nitrogens with one attached hydrogen (secondary N) is 2.